The van der Waals surface area contributed by atoms with Gasteiger partial charge in [-0.15, -0.1) is 0 Å². The van der Waals surface area contributed by atoms with E-state index in [-0.39, 0.29) is 0 Å². The molecule has 1 unspecified atom stereocenters. The molecular formula is C5H15N5. The topological polar surface area (TPSA) is 88.8 Å². The SMILES string of the molecule is CC(CCN=NN)CNN. The van der Waals surface area contributed by atoms with Gasteiger partial charge in [0.05, 0.1) is 6.54 Å². The second kappa shape index (κ2) is 6.44. The standard InChI is InChI=1S/C5H15N5/c1-5(4-8-6)2-3-9-10-7/h5,8H,2-4,6H2,1H3,(H2,7,9). The fourth-order valence-corrected chi connectivity index (χ4v) is 0.639. The lowest BCUT2D eigenvalue weighted by atomic mass is 10.1. The molecule has 0 fully saturated rings. The van der Waals surface area contributed by atoms with Gasteiger partial charge in [0.2, 0.25) is 0 Å². The molecule has 0 bridgehead atoms. The molecule has 0 aromatic rings. The van der Waals surface area contributed by atoms with E-state index in [1.165, 1.54) is 0 Å². The Labute approximate surface area is 60.8 Å². The number of nitrogens with one attached hydrogen (secondary N) is 1. The fraction of sp³-hybridized carbons (Fsp3) is 1.00. The van der Waals surface area contributed by atoms with Crippen LogP contribution in [-0.2, 0) is 0 Å². The maximum atomic E-state index is 5.10. The molecule has 0 aliphatic heterocycles. The Kier molecular flexibility index (Phi) is 6.00. The number of hydrogen-bond acceptors (Lipinski definition) is 4. The molecule has 10 heavy (non-hydrogen) atoms. The third-order valence-electron chi connectivity index (χ3n) is 1.27. The first-order valence-corrected chi connectivity index (χ1v) is 3.31. The third kappa shape index (κ3) is 5.46. The summed E-state index contributed by atoms with van der Waals surface area (Å²) < 4.78 is 0. The summed E-state index contributed by atoms with van der Waals surface area (Å²) in [6.07, 6.45) is 0.963. The molecule has 5 heteroatoms. The summed E-state index contributed by atoms with van der Waals surface area (Å²) in [4.78, 5) is 0. The summed E-state index contributed by atoms with van der Waals surface area (Å²) >= 11 is 0. The van der Waals surface area contributed by atoms with E-state index in [9.17, 15) is 0 Å². The van der Waals surface area contributed by atoms with Crippen LogP contribution in [-0.4, -0.2) is 13.1 Å². The summed E-state index contributed by atoms with van der Waals surface area (Å²) in [5.41, 5.74) is 2.59. The third-order valence-corrected chi connectivity index (χ3v) is 1.27. The Balaban J connectivity index is 3.12. The van der Waals surface area contributed by atoms with Gasteiger partial charge in [0.25, 0.3) is 0 Å². The van der Waals surface area contributed by atoms with E-state index in [4.69, 9.17) is 11.7 Å². The molecular weight excluding hydrogens is 130 g/mol. The van der Waals surface area contributed by atoms with E-state index in [2.05, 4.69) is 22.7 Å². The summed E-state index contributed by atoms with van der Waals surface area (Å²) in [5, 5.41) is 6.77. The lowest BCUT2D eigenvalue weighted by molar-refractivity contribution is 0.491. The highest BCUT2D eigenvalue weighted by Crippen LogP contribution is 1.98. The Hall–Kier alpha value is -0.680. The van der Waals surface area contributed by atoms with Crippen molar-refractivity contribution in [1.82, 2.24) is 5.43 Å². The molecule has 0 aliphatic rings. The van der Waals surface area contributed by atoms with Gasteiger partial charge in [-0.2, -0.15) is 5.11 Å². The van der Waals surface area contributed by atoms with E-state index in [0.717, 1.165) is 13.0 Å². The highest BCUT2D eigenvalue weighted by molar-refractivity contribution is 4.54. The highest BCUT2D eigenvalue weighted by Gasteiger charge is 1.97. The van der Waals surface area contributed by atoms with E-state index in [1.54, 1.807) is 0 Å². The molecule has 0 spiro atoms. The summed E-state index contributed by atoms with van der Waals surface area (Å²) in [6.45, 7) is 3.57. The van der Waals surface area contributed by atoms with Crippen molar-refractivity contribution >= 4 is 0 Å². The zero-order valence-electron chi connectivity index (χ0n) is 6.25. The minimum Gasteiger partial charge on any atom is -0.305 e. The van der Waals surface area contributed by atoms with Gasteiger partial charge in [-0.05, 0) is 12.3 Å². The van der Waals surface area contributed by atoms with Crippen LogP contribution in [0.2, 0.25) is 0 Å². The maximum absolute atomic E-state index is 5.10. The number of hydrazine groups is 1. The Morgan fingerprint density at radius 3 is 2.80 bits per heavy atom. The van der Waals surface area contributed by atoms with Gasteiger partial charge in [0, 0.05) is 6.54 Å². The maximum Gasteiger partial charge on any atom is 0.0623 e. The Bertz CT molecular complexity index is 92.0. The zero-order valence-corrected chi connectivity index (χ0v) is 6.25. The van der Waals surface area contributed by atoms with Crippen LogP contribution in [0.1, 0.15) is 13.3 Å². The first kappa shape index (κ1) is 9.32. The first-order valence-electron chi connectivity index (χ1n) is 3.31. The minimum atomic E-state index is 0.524. The molecule has 0 amide bonds. The highest BCUT2D eigenvalue weighted by atomic mass is 15.3. The molecule has 0 aliphatic carbocycles. The van der Waals surface area contributed by atoms with Crippen LogP contribution in [0.4, 0.5) is 0 Å². The van der Waals surface area contributed by atoms with E-state index in [0.29, 0.717) is 12.5 Å². The second-order valence-corrected chi connectivity index (χ2v) is 2.28. The van der Waals surface area contributed by atoms with E-state index < -0.39 is 0 Å². The van der Waals surface area contributed by atoms with Crippen molar-refractivity contribution in [2.45, 2.75) is 13.3 Å². The molecule has 0 aromatic carbocycles. The fourth-order valence-electron chi connectivity index (χ4n) is 0.639. The zero-order chi connectivity index (χ0) is 7.82. The number of hydrogen-bond donors (Lipinski definition) is 3. The van der Waals surface area contributed by atoms with Crippen molar-refractivity contribution in [3.63, 3.8) is 0 Å². The number of rotatable bonds is 5. The molecule has 0 saturated heterocycles. The molecule has 5 nitrogen and oxygen atoms in total. The van der Waals surface area contributed by atoms with Crippen LogP contribution in [0, 0.1) is 5.92 Å². The smallest absolute Gasteiger partial charge is 0.0623 e. The van der Waals surface area contributed by atoms with Crippen molar-refractivity contribution in [2.75, 3.05) is 13.1 Å². The Morgan fingerprint density at radius 1 is 1.60 bits per heavy atom. The van der Waals surface area contributed by atoms with Crippen molar-refractivity contribution in [2.24, 2.45) is 27.9 Å². The summed E-state index contributed by atoms with van der Waals surface area (Å²) in [6, 6.07) is 0. The van der Waals surface area contributed by atoms with Crippen LogP contribution >= 0.6 is 0 Å². The molecule has 60 valence electrons. The lowest BCUT2D eigenvalue weighted by Crippen LogP contribution is -2.27. The number of nitrogens with two attached hydrogens (primary N) is 2. The van der Waals surface area contributed by atoms with Crippen molar-refractivity contribution < 1.29 is 0 Å². The Morgan fingerprint density at radius 2 is 2.30 bits per heavy atom. The molecule has 0 heterocycles. The molecule has 0 aromatic heterocycles. The molecule has 5 N–H and O–H groups in total. The summed E-state index contributed by atoms with van der Waals surface area (Å²) in [7, 11) is 0. The van der Waals surface area contributed by atoms with E-state index >= 15 is 0 Å². The predicted octanol–water partition coefficient (Wildman–Crippen LogP) is -0.198. The van der Waals surface area contributed by atoms with Crippen molar-refractivity contribution in [1.29, 1.82) is 0 Å². The van der Waals surface area contributed by atoms with Crippen LogP contribution in [0.5, 0.6) is 0 Å². The largest absolute Gasteiger partial charge is 0.305 e. The van der Waals surface area contributed by atoms with Crippen molar-refractivity contribution in [3.8, 4) is 0 Å². The molecule has 0 rings (SSSR count). The van der Waals surface area contributed by atoms with Gasteiger partial charge in [0.15, 0.2) is 0 Å². The monoisotopic (exact) mass is 145 g/mol. The first-order chi connectivity index (χ1) is 4.81. The summed E-state index contributed by atoms with van der Waals surface area (Å²) in [5.74, 6) is 10.4. The van der Waals surface area contributed by atoms with Crippen LogP contribution in [0.15, 0.2) is 10.3 Å². The minimum absolute atomic E-state index is 0.524. The van der Waals surface area contributed by atoms with Crippen LogP contribution < -0.4 is 17.1 Å². The average Bonchev–Trinajstić information content (AvgIpc) is 1.89. The van der Waals surface area contributed by atoms with Crippen molar-refractivity contribution in [3.05, 3.63) is 0 Å². The normalized spacial score (nSPS) is 14.2. The molecule has 1 atom stereocenters. The predicted molar refractivity (Wildman–Crippen MR) is 39.9 cm³/mol. The van der Waals surface area contributed by atoms with Gasteiger partial charge in [-0.3, -0.25) is 11.3 Å². The van der Waals surface area contributed by atoms with Crippen LogP contribution in [0.3, 0.4) is 0 Å². The van der Waals surface area contributed by atoms with Gasteiger partial charge in [0.1, 0.15) is 0 Å². The number of nitrogens with zero attached hydrogens (tertiary/aromatic N) is 2. The quantitative estimate of drug-likeness (QED) is 0.284. The molecule has 0 saturated carbocycles. The molecule has 0 radical (unpaired) electrons. The van der Waals surface area contributed by atoms with Gasteiger partial charge < -0.3 is 5.84 Å². The van der Waals surface area contributed by atoms with Gasteiger partial charge in [-0.25, -0.2) is 0 Å². The van der Waals surface area contributed by atoms with Gasteiger partial charge >= 0.3 is 0 Å². The van der Waals surface area contributed by atoms with Crippen LogP contribution in [0.25, 0.3) is 0 Å². The lowest BCUT2D eigenvalue weighted by Gasteiger charge is -2.06. The van der Waals surface area contributed by atoms with Gasteiger partial charge in [-0.1, -0.05) is 12.1 Å². The average molecular weight is 145 g/mol. The second-order valence-electron chi connectivity index (χ2n) is 2.28. The van der Waals surface area contributed by atoms with E-state index in [1.807, 2.05) is 0 Å².